The predicted octanol–water partition coefficient (Wildman–Crippen LogP) is -0.465. The van der Waals surface area contributed by atoms with Gasteiger partial charge in [-0.05, 0) is 6.07 Å². The molecule has 0 spiro atoms. The van der Waals surface area contributed by atoms with Crippen LogP contribution in [0.3, 0.4) is 0 Å². The van der Waals surface area contributed by atoms with Crippen LogP contribution in [0.4, 0.5) is 0 Å². The number of hydrogen-bond acceptors (Lipinski definition) is 3. The van der Waals surface area contributed by atoms with Gasteiger partial charge in [0.05, 0.1) is 5.39 Å². The van der Waals surface area contributed by atoms with Crippen molar-refractivity contribution in [3.63, 3.8) is 0 Å². The Hall–Kier alpha value is -2.11. The second-order valence-electron chi connectivity index (χ2n) is 3.48. The number of nitrogens with zero attached hydrogens (tertiary/aromatic N) is 2. The van der Waals surface area contributed by atoms with Crippen LogP contribution in [0, 0.1) is 0 Å². The highest BCUT2D eigenvalue weighted by Gasteiger charge is 2.21. The van der Waals surface area contributed by atoms with Crippen molar-refractivity contribution in [2.75, 3.05) is 0 Å². The first-order valence-electron chi connectivity index (χ1n) is 4.56. The summed E-state index contributed by atoms with van der Waals surface area (Å²) in [5, 5.41) is 0.377. The van der Waals surface area contributed by atoms with Crippen LogP contribution in [0.1, 0.15) is 11.2 Å². The molecule has 1 aliphatic heterocycles. The first kappa shape index (κ1) is 8.22. The van der Waals surface area contributed by atoms with Gasteiger partial charge in [0.1, 0.15) is 5.65 Å². The summed E-state index contributed by atoms with van der Waals surface area (Å²) in [6.45, 7) is 0.519. The Balaban J connectivity index is 2.68. The molecule has 6 heteroatoms. The fourth-order valence-electron chi connectivity index (χ4n) is 1.95. The maximum Gasteiger partial charge on any atom is 0.336 e. The molecule has 76 valence electrons. The average Bonchev–Trinajstić information content (AvgIpc) is 2.60. The molecule has 0 amide bonds. The van der Waals surface area contributed by atoms with Gasteiger partial charge < -0.3 is 4.57 Å². The molecule has 0 radical (unpaired) electrons. The highest BCUT2D eigenvalue weighted by molar-refractivity contribution is 5.90. The van der Waals surface area contributed by atoms with Gasteiger partial charge in [-0.1, -0.05) is 0 Å². The number of aromatic amines is 1. The van der Waals surface area contributed by atoms with Gasteiger partial charge in [-0.15, -0.1) is 0 Å². The molecule has 3 rings (SSSR count). The molecule has 0 aliphatic carbocycles. The van der Waals surface area contributed by atoms with Gasteiger partial charge in [-0.2, -0.15) is 0 Å². The van der Waals surface area contributed by atoms with Gasteiger partial charge in [0.25, 0.3) is 5.56 Å². The molecule has 1 N–H and O–H groups in total. The van der Waals surface area contributed by atoms with Crippen molar-refractivity contribution in [2.24, 2.45) is 0 Å². The summed E-state index contributed by atoms with van der Waals surface area (Å²) in [5.41, 5.74) is -0.697. The lowest BCUT2D eigenvalue weighted by atomic mass is 10.3. The van der Waals surface area contributed by atoms with E-state index >= 15 is 0 Å². The third kappa shape index (κ3) is 0.903. The topological polar surface area (TPSA) is 76.9 Å². The van der Waals surface area contributed by atoms with E-state index in [0.717, 1.165) is 4.57 Å². The van der Waals surface area contributed by atoms with Crippen LogP contribution >= 0.6 is 0 Å². The van der Waals surface area contributed by atoms with Gasteiger partial charge in [-0.25, -0.2) is 9.36 Å². The summed E-state index contributed by atoms with van der Waals surface area (Å²) in [5.74, 6) is -0.271. The van der Waals surface area contributed by atoms with E-state index < -0.39 is 11.2 Å². The lowest BCUT2D eigenvalue weighted by Gasteiger charge is -2.15. The molecule has 15 heavy (non-hydrogen) atoms. The number of carbonyl (C=O) groups is 1. The minimum absolute atomic E-state index is 0.271. The highest BCUT2D eigenvalue weighted by atomic mass is 16.2. The van der Waals surface area contributed by atoms with Gasteiger partial charge in [0.2, 0.25) is 5.91 Å². The van der Waals surface area contributed by atoms with Crippen LogP contribution < -0.4 is 11.2 Å². The minimum Gasteiger partial charge on any atom is -0.333 e. The number of H-pyrrole nitrogens is 1. The summed E-state index contributed by atoms with van der Waals surface area (Å²) in [4.78, 5) is 36.5. The lowest BCUT2D eigenvalue weighted by molar-refractivity contribution is 0.0884. The number of nitrogens with one attached hydrogen (secondary N) is 1. The van der Waals surface area contributed by atoms with Crippen molar-refractivity contribution in [3.8, 4) is 0 Å². The lowest BCUT2D eigenvalue weighted by Crippen LogP contribution is -2.37. The maximum absolute atomic E-state index is 11.5. The summed E-state index contributed by atoms with van der Waals surface area (Å²) < 4.78 is 2.77. The Morgan fingerprint density at radius 2 is 2.07 bits per heavy atom. The quantitative estimate of drug-likeness (QED) is 0.632. The van der Waals surface area contributed by atoms with Crippen LogP contribution in [0.5, 0.6) is 0 Å². The molecule has 0 aromatic carbocycles. The molecular weight excluding hydrogens is 198 g/mol. The van der Waals surface area contributed by atoms with Crippen LogP contribution in [-0.2, 0) is 6.54 Å². The molecule has 6 nitrogen and oxygen atoms in total. The SMILES string of the molecule is O=C1CCn2ccc3c(=O)[nH]c(=O)n1c32. The van der Waals surface area contributed by atoms with E-state index in [9.17, 15) is 14.4 Å². The molecule has 1 aliphatic rings. The molecule has 0 bridgehead atoms. The van der Waals surface area contributed by atoms with E-state index in [-0.39, 0.29) is 12.3 Å². The number of carbonyl (C=O) groups excluding carboxylic acids is 1. The first-order chi connectivity index (χ1) is 7.18. The van der Waals surface area contributed by atoms with E-state index in [1.807, 2.05) is 0 Å². The van der Waals surface area contributed by atoms with Gasteiger partial charge in [0.15, 0.2) is 0 Å². The average molecular weight is 205 g/mol. The molecular formula is C9H7N3O3. The Morgan fingerprint density at radius 3 is 2.87 bits per heavy atom. The van der Waals surface area contributed by atoms with Crippen LogP contribution in [-0.4, -0.2) is 20.0 Å². The molecule has 0 fully saturated rings. The van der Waals surface area contributed by atoms with E-state index in [4.69, 9.17) is 0 Å². The maximum atomic E-state index is 11.5. The summed E-state index contributed by atoms with van der Waals surface area (Å²) >= 11 is 0. The van der Waals surface area contributed by atoms with Gasteiger partial charge >= 0.3 is 5.69 Å². The third-order valence-electron chi connectivity index (χ3n) is 2.63. The molecule has 0 saturated heterocycles. The number of rotatable bonds is 0. The molecule has 2 aromatic rings. The fourth-order valence-corrected chi connectivity index (χ4v) is 1.95. The Labute approximate surface area is 82.8 Å². The molecule has 0 unspecified atom stereocenters. The second-order valence-corrected chi connectivity index (χ2v) is 3.48. The Kier molecular flexibility index (Phi) is 1.35. The predicted molar refractivity (Wildman–Crippen MR) is 52.1 cm³/mol. The fraction of sp³-hybridized carbons (Fsp3) is 0.222. The molecule has 2 aromatic heterocycles. The van der Waals surface area contributed by atoms with Gasteiger partial charge in [0, 0.05) is 19.2 Å². The number of aryl methyl sites for hydroxylation is 1. The zero-order valence-corrected chi connectivity index (χ0v) is 7.69. The van der Waals surface area contributed by atoms with E-state index in [1.54, 1.807) is 16.8 Å². The largest absolute Gasteiger partial charge is 0.336 e. The smallest absolute Gasteiger partial charge is 0.333 e. The Morgan fingerprint density at radius 1 is 1.27 bits per heavy atom. The highest BCUT2D eigenvalue weighted by Crippen LogP contribution is 2.15. The summed E-state index contributed by atoms with van der Waals surface area (Å²) in [6.07, 6.45) is 1.99. The van der Waals surface area contributed by atoms with Crippen molar-refractivity contribution < 1.29 is 4.79 Å². The monoisotopic (exact) mass is 205 g/mol. The van der Waals surface area contributed by atoms with Crippen molar-refractivity contribution >= 4 is 16.9 Å². The van der Waals surface area contributed by atoms with E-state index in [0.29, 0.717) is 17.6 Å². The summed E-state index contributed by atoms with van der Waals surface area (Å²) in [6, 6.07) is 1.61. The molecule has 3 heterocycles. The first-order valence-corrected chi connectivity index (χ1v) is 4.56. The number of hydrogen-bond donors (Lipinski definition) is 1. The second kappa shape index (κ2) is 2.47. The van der Waals surface area contributed by atoms with Crippen LogP contribution in [0.15, 0.2) is 21.9 Å². The minimum atomic E-state index is -0.655. The Bertz CT molecular complexity index is 689. The zero-order chi connectivity index (χ0) is 10.6. The van der Waals surface area contributed by atoms with Crippen molar-refractivity contribution in [3.05, 3.63) is 33.1 Å². The third-order valence-corrected chi connectivity index (χ3v) is 2.63. The molecule has 0 atom stereocenters. The zero-order valence-electron chi connectivity index (χ0n) is 7.69. The normalized spacial score (nSPS) is 14.8. The van der Waals surface area contributed by atoms with Crippen molar-refractivity contribution in [1.82, 2.24) is 14.1 Å². The van der Waals surface area contributed by atoms with Crippen molar-refractivity contribution in [2.45, 2.75) is 13.0 Å². The summed E-state index contributed by atoms with van der Waals surface area (Å²) in [7, 11) is 0. The van der Waals surface area contributed by atoms with E-state index in [2.05, 4.69) is 4.98 Å². The molecule has 0 saturated carbocycles. The van der Waals surface area contributed by atoms with Gasteiger partial charge in [-0.3, -0.25) is 14.6 Å². The standard InChI is InChI=1S/C9H7N3O3/c13-6-2-4-11-3-1-5-7(14)10-9(15)12(6)8(5)11/h1,3H,2,4H2,(H,10,14,15). The van der Waals surface area contributed by atoms with Crippen LogP contribution in [0.25, 0.3) is 11.0 Å². The van der Waals surface area contributed by atoms with Crippen molar-refractivity contribution in [1.29, 1.82) is 0 Å². The van der Waals surface area contributed by atoms with E-state index in [1.165, 1.54) is 0 Å². The van der Waals surface area contributed by atoms with Crippen LogP contribution in [0.2, 0.25) is 0 Å². The number of aromatic nitrogens is 3.